The number of ether oxygens (including phenoxy) is 3. The summed E-state index contributed by atoms with van der Waals surface area (Å²) in [6.07, 6.45) is 0.879. The molecule has 2 aromatic rings. The Hall–Kier alpha value is -3.42. The van der Waals surface area contributed by atoms with Crippen LogP contribution in [0.5, 0.6) is 0 Å². The lowest BCUT2D eigenvalue weighted by atomic mass is 9.81. The second kappa shape index (κ2) is 11.3. The number of nitrogens with zero attached hydrogens (tertiary/aromatic N) is 1. The van der Waals surface area contributed by atoms with Crippen LogP contribution in [0.25, 0.3) is 0 Å². The molecule has 1 aromatic carbocycles. The Bertz CT molecular complexity index is 888. The van der Waals surface area contributed by atoms with Gasteiger partial charge in [0.2, 0.25) is 0 Å². The molecule has 8 nitrogen and oxygen atoms in total. The molecule has 1 unspecified atom stereocenters. The van der Waals surface area contributed by atoms with Crippen LogP contribution >= 0.6 is 0 Å². The number of pyridine rings is 1. The summed E-state index contributed by atoms with van der Waals surface area (Å²) in [7, 11) is 0. The fourth-order valence-corrected chi connectivity index (χ4v) is 3.14. The first-order valence-electron chi connectivity index (χ1n) is 10.5. The highest BCUT2D eigenvalue weighted by atomic mass is 16.6. The van der Waals surface area contributed by atoms with E-state index in [9.17, 15) is 14.4 Å². The summed E-state index contributed by atoms with van der Waals surface area (Å²) in [5, 5.41) is 2.56. The molecule has 1 atom stereocenters. The molecule has 1 heterocycles. The van der Waals surface area contributed by atoms with Crippen molar-refractivity contribution in [2.75, 3.05) is 18.5 Å². The van der Waals surface area contributed by atoms with E-state index in [1.165, 1.54) is 6.20 Å². The fraction of sp³-hybridized carbons (Fsp3) is 0.417. The first kappa shape index (κ1) is 24.8. The van der Waals surface area contributed by atoms with Gasteiger partial charge >= 0.3 is 18.0 Å². The summed E-state index contributed by atoms with van der Waals surface area (Å²) >= 11 is 0. The van der Waals surface area contributed by atoms with Gasteiger partial charge in [-0.3, -0.25) is 14.9 Å². The van der Waals surface area contributed by atoms with Gasteiger partial charge in [-0.25, -0.2) is 9.78 Å². The Morgan fingerprint density at radius 2 is 1.50 bits per heavy atom. The van der Waals surface area contributed by atoms with E-state index in [2.05, 4.69) is 10.3 Å². The van der Waals surface area contributed by atoms with E-state index in [0.29, 0.717) is 5.56 Å². The molecule has 32 heavy (non-hydrogen) atoms. The lowest BCUT2D eigenvalue weighted by Gasteiger charge is -2.25. The number of hydrogen-bond acceptors (Lipinski definition) is 7. The number of rotatable bonds is 8. The number of carbonyl (C=O) groups excluding carboxylic acids is 3. The van der Waals surface area contributed by atoms with Crippen molar-refractivity contribution in [3.05, 3.63) is 59.8 Å². The molecule has 8 heteroatoms. The molecule has 0 radical (unpaired) electrons. The molecule has 1 amide bonds. The molecule has 2 rings (SSSR count). The SMILES string of the molecule is CCOC(=O)C(C(=O)OCC)C(c1ccccc1)c1ccc(NC(=O)OC(C)(C)C)nc1. The topological polar surface area (TPSA) is 104 Å². The van der Waals surface area contributed by atoms with Crippen LogP contribution in [-0.4, -0.2) is 41.8 Å². The standard InChI is InChI=1S/C24H30N2O6/c1-6-30-21(27)20(22(28)31-7-2)19(16-11-9-8-10-12-16)17-13-14-18(25-15-17)26-23(29)32-24(3,4)5/h8-15,19-20H,6-7H2,1-5H3,(H,25,26,29). The van der Waals surface area contributed by atoms with Gasteiger partial charge in [0.25, 0.3) is 0 Å². The van der Waals surface area contributed by atoms with E-state index in [1.54, 1.807) is 46.8 Å². The largest absolute Gasteiger partial charge is 0.465 e. The van der Waals surface area contributed by atoms with Crippen LogP contribution in [0.15, 0.2) is 48.7 Å². The van der Waals surface area contributed by atoms with Crippen molar-refractivity contribution < 1.29 is 28.6 Å². The number of esters is 2. The van der Waals surface area contributed by atoms with Crippen molar-refractivity contribution in [1.82, 2.24) is 4.98 Å². The molecule has 0 saturated carbocycles. The normalized spacial score (nSPS) is 12.1. The smallest absolute Gasteiger partial charge is 0.413 e. The van der Waals surface area contributed by atoms with Crippen molar-refractivity contribution in [1.29, 1.82) is 0 Å². The lowest BCUT2D eigenvalue weighted by molar-refractivity contribution is -0.162. The molecule has 0 aliphatic rings. The van der Waals surface area contributed by atoms with Gasteiger partial charge in [0.05, 0.1) is 13.2 Å². The summed E-state index contributed by atoms with van der Waals surface area (Å²) in [5.41, 5.74) is 0.680. The Morgan fingerprint density at radius 1 is 0.906 bits per heavy atom. The van der Waals surface area contributed by atoms with E-state index < -0.39 is 35.5 Å². The number of nitrogens with one attached hydrogen (secondary N) is 1. The average Bonchev–Trinajstić information content (AvgIpc) is 2.72. The zero-order chi connectivity index (χ0) is 23.7. The first-order valence-corrected chi connectivity index (χ1v) is 10.5. The maximum atomic E-state index is 12.8. The lowest BCUT2D eigenvalue weighted by Crippen LogP contribution is -2.34. The predicted molar refractivity (Wildman–Crippen MR) is 119 cm³/mol. The zero-order valence-electron chi connectivity index (χ0n) is 19.1. The van der Waals surface area contributed by atoms with E-state index in [-0.39, 0.29) is 19.0 Å². The summed E-state index contributed by atoms with van der Waals surface area (Å²) < 4.78 is 15.6. The zero-order valence-corrected chi connectivity index (χ0v) is 19.1. The summed E-state index contributed by atoms with van der Waals surface area (Å²) in [6.45, 7) is 8.91. The molecule has 0 fully saturated rings. The third kappa shape index (κ3) is 7.08. The molecular weight excluding hydrogens is 412 g/mol. The van der Waals surface area contributed by atoms with Gasteiger partial charge < -0.3 is 14.2 Å². The third-order valence-electron chi connectivity index (χ3n) is 4.35. The Kier molecular flexibility index (Phi) is 8.75. The maximum Gasteiger partial charge on any atom is 0.413 e. The van der Waals surface area contributed by atoms with Gasteiger partial charge in [-0.05, 0) is 51.8 Å². The van der Waals surface area contributed by atoms with Crippen molar-refractivity contribution in [2.24, 2.45) is 5.92 Å². The number of hydrogen-bond donors (Lipinski definition) is 1. The van der Waals surface area contributed by atoms with Crippen LogP contribution in [0.2, 0.25) is 0 Å². The Balaban J connectivity index is 2.41. The maximum absolute atomic E-state index is 12.8. The number of amides is 1. The van der Waals surface area contributed by atoms with Crippen LogP contribution in [-0.2, 0) is 23.8 Å². The van der Waals surface area contributed by atoms with E-state index in [4.69, 9.17) is 14.2 Å². The molecule has 1 aromatic heterocycles. The number of aromatic nitrogens is 1. The summed E-state index contributed by atoms with van der Waals surface area (Å²) in [6, 6.07) is 12.4. The highest BCUT2D eigenvalue weighted by Gasteiger charge is 2.39. The highest BCUT2D eigenvalue weighted by molar-refractivity contribution is 5.96. The van der Waals surface area contributed by atoms with Gasteiger partial charge in [0.15, 0.2) is 5.92 Å². The van der Waals surface area contributed by atoms with Gasteiger partial charge in [0, 0.05) is 12.1 Å². The van der Waals surface area contributed by atoms with Crippen LogP contribution < -0.4 is 5.32 Å². The second-order valence-electron chi connectivity index (χ2n) is 7.97. The van der Waals surface area contributed by atoms with Crippen LogP contribution in [0.4, 0.5) is 10.6 Å². The highest BCUT2D eigenvalue weighted by Crippen LogP contribution is 2.34. The van der Waals surface area contributed by atoms with Gasteiger partial charge in [0.1, 0.15) is 11.4 Å². The van der Waals surface area contributed by atoms with E-state index in [1.807, 2.05) is 30.3 Å². The fourth-order valence-electron chi connectivity index (χ4n) is 3.14. The first-order chi connectivity index (χ1) is 15.2. The molecule has 1 N–H and O–H groups in total. The average molecular weight is 443 g/mol. The summed E-state index contributed by atoms with van der Waals surface area (Å²) in [4.78, 5) is 41.8. The van der Waals surface area contributed by atoms with Crippen LogP contribution in [0.1, 0.15) is 51.7 Å². The minimum absolute atomic E-state index is 0.132. The minimum atomic E-state index is -1.20. The molecule has 172 valence electrons. The molecule has 0 saturated heterocycles. The number of carbonyl (C=O) groups is 3. The monoisotopic (exact) mass is 442 g/mol. The molecule has 0 spiro atoms. The van der Waals surface area contributed by atoms with E-state index in [0.717, 1.165) is 5.56 Å². The van der Waals surface area contributed by atoms with Crippen molar-refractivity contribution in [3.8, 4) is 0 Å². The molecule has 0 bridgehead atoms. The summed E-state index contributed by atoms with van der Waals surface area (Å²) in [5.74, 6) is -2.95. The van der Waals surface area contributed by atoms with Crippen LogP contribution in [0, 0.1) is 5.92 Å². The molecule has 0 aliphatic carbocycles. The quantitative estimate of drug-likeness (QED) is 0.369. The van der Waals surface area contributed by atoms with Crippen molar-refractivity contribution in [3.63, 3.8) is 0 Å². The van der Waals surface area contributed by atoms with Gasteiger partial charge in [-0.2, -0.15) is 0 Å². The second-order valence-corrected chi connectivity index (χ2v) is 7.97. The van der Waals surface area contributed by atoms with Crippen LogP contribution in [0.3, 0.4) is 0 Å². The third-order valence-corrected chi connectivity index (χ3v) is 4.35. The number of benzene rings is 1. The Labute approximate surface area is 188 Å². The molecular formula is C24H30N2O6. The van der Waals surface area contributed by atoms with Crippen molar-refractivity contribution >= 4 is 23.8 Å². The van der Waals surface area contributed by atoms with Gasteiger partial charge in [-0.15, -0.1) is 0 Å². The van der Waals surface area contributed by atoms with Gasteiger partial charge in [-0.1, -0.05) is 36.4 Å². The Morgan fingerprint density at radius 3 is 1.97 bits per heavy atom. The number of anilines is 1. The van der Waals surface area contributed by atoms with Crippen molar-refractivity contribution in [2.45, 2.75) is 46.1 Å². The predicted octanol–water partition coefficient (Wildman–Crippen LogP) is 4.30. The molecule has 0 aliphatic heterocycles. The minimum Gasteiger partial charge on any atom is -0.465 e. The van der Waals surface area contributed by atoms with E-state index >= 15 is 0 Å².